The summed E-state index contributed by atoms with van der Waals surface area (Å²) in [5, 5.41) is 3.42. The number of alkyl halides is 3. The molecule has 8 heteroatoms. The SMILES string of the molecule is C[C@H]1CN(CC2CNNC2c2ccc(C(F)(F)F)cc2)CCN1.Cl. The monoisotopic (exact) mass is 364 g/mol. The van der Waals surface area contributed by atoms with Gasteiger partial charge in [-0.3, -0.25) is 5.43 Å². The van der Waals surface area contributed by atoms with E-state index >= 15 is 0 Å². The summed E-state index contributed by atoms with van der Waals surface area (Å²) in [7, 11) is 0. The molecule has 3 rings (SSSR count). The Morgan fingerprint density at radius 2 is 1.92 bits per heavy atom. The summed E-state index contributed by atoms with van der Waals surface area (Å²) >= 11 is 0. The molecule has 2 saturated heterocycles. The molecule has 24 heavy (non-hydrogen) atoms. The third-order valence-corrected chi connectivity index (χ3v) is 4.64. The molecule has 2 fully saturated rings. The van der Waals surface area contributed by atoms with Crippen LogP contribution in [0, 0.1) is 5.92 Å². The Balaban J connectivity index is 0.00000208. The van der Waals surface area contributed by atoms with Crippen LogP contribution in [0.15, 0.2) is 24.3 Å². The third-order valence-electron chi connectivity index (χ3n) is 4.64. The minimum Gasteiger partial charge on any atom is -0.312 e. The first-order valence-corrected chi connectivity index (χ1v) is 8.05. The number of nitrogens with zero attached hydrogens (tertiary/aromatic N) is 1. The van der Waals surface area contributed by atoms with Gasteiger partial charge in [-0.05, 0) is 24.6 Å². The molecule has 3 atom stereocenters. The quantitative estimate of drug-likeness (QED) is 0.769. The Bertz CT molecular complexity index is 523. The van der Waals surface area contributed by atoms with Gasteiger partial charge in [0.25, 0.3) is 0 Å². The maximum absolute atomic E-state index is 12.7. The van der Waals surface area contributed by atoms with Gasteiger partial charge in [0, 0.05) is 44.7 Å². The molecule has 0 radical (unpaired) electrons. The van der Waals surface area contributed by atoms with Crippen molar-refractivity contribution in [3.63, 3.8) is 0 Å². The number of hydrazine groups is 1. The first-order valence-electron chi connectivity index (χ1n) is 8.05. The Kier molecular flexibility index (Phi) is 6.50. The van der Waals surface area contributed by atoms with Crippen LogP contribution in [0.2, 0.25) is 0 Å². The molecular formula is C16H24ClF3N4. The summed E-state index contributed by atoms with van der Waals surface area (Å²) in [5.74, 6) is 0.344. The van der Waals surface area contributed by atoms with Crippen LogP contribution >= 0.6 is 12.4 Å². The number of piperazine rings is 1. The van der Waals surface area contributed by atoms with Gasteiger partial charge in [0.2, 0.25) is 0 Å². The maximum atomic E-state index is 12.7. The van der Waals surface area contributed by atoms with E-state index in [1.165, 1.54) is 12.1 Å². The van der Waals surface area contributed by atoms with E-state index in [1.54, 1.807) is 12.1 Å². The molecule has 0 aliphatic carbocycles. The molecular weight excluding hydrogens is 341 g/mol. The molecule has 2 unspecified atom stereocenters. The molecule has 3 N–H and O–H groups in total. The zero-order valence-electron chi connectivity index (χ0n) is 13.6. The zero-order valence-corrected chi connectivity index (χ0v) is 14.4. The molecule has 0 saturated carbocycles. The molecule has 1 aromatic carbocycles. The number of halogens is 4. The fourth-order valence-corrected chi connectivity index (χ4v) is 3.45. The first kappa shape index (κ1) is 19.5. The van der Waals surface area contributed by atoms with Gasteiger partial charge in [0.1, 0.15) is 0 Å². The van der Waals surface area contributed by atoms with Crippen molar-refractivity contribution in [2.45, 2.75) is 25.2 Å². The fourth-order valence-electron chi connectivity index (χ4n) is 3.45. The highest BCUT2D eigenvalue weighted by Gasteiger charge is 2.33. The van der Waals surface area contributed by atoms with Crippen LogP contribution in [-0.2, 0) is 6.18 Å². The normalized spacial score (nSPS) is 28.6. The molecule has 2 aliphatic rings. The van der Waals surface area contributed by atoms with Crippen molar-refractivity contribution < 1.29 is 13.2 Å². The number of hydrogen-bond acceptors (Lipinski definition) is 4. The Morgan fingerprint density at radius 1 is 1.21 bits per heavy atom. The predicted octanol–water partition coefficient (Wildman–Crippen LogP) is 2.19. The summed E-state index contributed by atoms with van der Waals surface area (Å²) in [6, 6.07) is 6.03. The average Bonchev–Trinajstić information content (AvgIpc) is 2.94. The van der Waals surface area contributed by atoms with E-state index in [9.17, 15) is 13.2 Å². The van der Waals surface area contributed by atoms with Crippen molar-refractivity contribution >= 4 is 12.4 Å². The second-order valence-corrected chi connectivity index (χ2v) is 6.50. The molecule has 0 bridgehead atoms. The van der Waals surface area contributed by atoms with Crippen molar-refractivity contribution in [2.24, 2.45) is 5.92 Å². The Hall–Kier alpha value is -0.860. The van der Waals surface area contributed by atoms with Crippen LogP contribution in [0.3, 0.4) is 0 Å². The van der Waals surface area contributed by atoms with Gasteiger partial charge < -0.3 is 10.2 Å². The molecule has 1 aromatic rings. The summed E-state index contributed by atoms with van der Waals surface area (Å²) in [5.41, 5.74) is 6.66. The van der Waals surface area contributed by atoms with Gasteiger partial charge >= 0.3 is 6.18 Å². The number of benzene rings is 1. The Labute approximate surface area is 146 Å². The highest BCUT2D eigenvalue weighted by Crippen LogP contribution is 2.32. The highest BCUT2D eigenvalue weighted by molar-refractivity contribution is 5.85. The van der Waals surface area contributed by atoms with E-state index in [0.717, 1.165) is 38.3 Å². The van der Waals surface area contributed by atoms with E-state index in [2.05, 4.69) is 28.0 Å². The summed E-state index contributed by atoms with van der Waals surface area (Å²) in [4.78, 5) is 2.43. The van der Waals surface area contributed by atoms with E-state index in [-0.39, 0.29) is 18.4 Å². The first-order chi connectivity index (χ1) is 10.9. The molecule has 2 aliphatic heterocycles. The average molecular weight is 365 g/mol. The van der Waals surface area contributed by atoms with Crippen LogP contribution in [0.5, 0.6) is 0 Å². The summed E-state index contributed by atoms with van der Waals surface area (Å²) < 4.78 is 38.0. The van der Waals surface area contributed by atoms with Crippen LogP contribution < -0.4 is 16.2 Å². The molecule has 0 spiro atoms. The van der Waals surface area contributed by atoms with Gasteiger partial charge in [-0.25, -0.2) is 5.43 Å². The summed E-state index contributed by atoms with van der Waals surface area (Å²) in [6.07, 6.45) is -4.28. The lowest BCUT2D eigenvalue weighted by Crippen LogP contribution is -2.50. The highest BCUT2D eigenvalue weighted by atomic mass is 35.5. The minimum atomic E-state index is -4.28. The fraction of sp³-hybridized carbons (Fsp3) is 0.625. The van der Waals surface area contributed by atoms with Crippen molar-refractivity contribution in [3.05, 3.63) is 35.4 Å². The van der Waals surface area contributed by atoms with E-state index < -0.39 is 11.7 Å². The van der Waals surface area contributed by atoms with Crippen molar-refractivity contribution in [1.82, 2.24) is 21.1 Å². The van der Waals surface area contributed by atoms with Crippen LogP contribution in [0.25, 0.3) is 0 Å². The predicted molar refractivity (Wildman–Crippen MR) is 90.0 cm³/mol. The molecule has 2 heterocycles. The Morgan fingerprint density at radius 3 is 2.54 bits per heavy atom. The van der Waals surface area contributed by atoms with Crippen molar-refractivity contribution in [3.8, 4) is 0 Å². The van der Waals surface area contributed by atoms with Crippen molar-refractivity contribution in [2.75, 3.05) is 32.7 Å². The van der Waals surface area contributed by atoms with Gasteiger partial charge in [-0.1, -0.05) is 12.1 Å². The van der Waals surface area contributed by atoms with Gasteiger partial charge in [0.05, 0.1) is 11.6 Å². The second kappa shape index (κ2) is 8.01. The number of nitrogens with one attached hydrogen (secondary N) is 3. The summed E-state index contributed by atoms with van der Waals surface area (Å²) in [6.45, 7) is 6.95. The van der Waals surface area contributed by atoms with E-state index in [1.807, 2.05) is 0 Å². The van der Waals surface area contributed by atoms with Crippen LogP contribution in [0.4, 0.5) is 13.2 Å². The number of hydrogen-bond donors (Lipinski definition) is 3. The zero-order chi connectivity index (χ0) is 16.4. The lowest BCUT2D eigenvalue weighted by atomic mass is 9.93. The van der Waals surface area contributed by atoms with Crippen LogP contribution in [0.1, 0.15) is 24.1 Å². The smallest absolute Gasteiger partial charge is 0.312 e. The maximum Gasteiger partial charge on any atom is 0.416 e. The molecule has 0 amide bonds. The van der Waals surface area contributed by atoms with Gasteiger partial charge in [-0.15, -0.1) is 12.4 Å². The second-order valence-electron chi connectivity index (χ2n) is 6.50. The minimum absolute atomic E-state index is 0. The van der Waals surface area contributed by atoms with Gasteiger partial charge in [0.15, 0.2) is 0 Å². The lowest BCUT2D eigenvalue weighted by Gasteiger charge is -2.34. The van der Waals surface area contributed by atoms with Crippen LogP contribution in [-0.4, -0.2) is 43.7 Å². The molecule has 0 aromatic heterocycles. The van der Waals surface area contributed by atoms with E-state index in [0.29, 0.717) is 12.0 Å². The van der Waals surface area contributed by atoms with E-state index in [4.69, 9.17) is 0 Å². The van der Waals surface area contributed by atoms with Crippen molar-refractivity contribution in [1.29, 1.82) is 0 Å². The topological polar surface area (TPSA) is 39.3 Å². The number of rotatable bonds is 3. The van der Waals surface area contributed by atoms with Gasteiger partial charge in [-0.2, -0.15) is 13.2 Å². The molecule has 4 nitrogen and oxygen atoms in total. The standard InChI is InChI=1S/C16H23F3N4.ClH/c1-11-9-23(7-6-20-11)10-13-8-21-22-15(13)12-2-4-14(5-3-12)16(17,18)19;/h2-5,11,13,15,20-22H,6-10H2,1H3;1H/t11-,13?,15?;/m0./s1. The third kappa shape index (κ3) is 4.61. The largest absolute Gasteiger partial charge is 0.416 e. The molecule has 136 valence electrons. The lowest BCUT2D eigenvalue weighted by molar-refractivity contribution is -0.137.